The quantitative estimate of drug-likeness (QED) is 0.136. The summed E-state index contributed by atoms with van der Waals surface area (Å²) < 4.78 is 22.4. The molecular formula is C32H27NO6. The van der Waals surface area contributed by atoms with Crippen LogP contribution in [0.3, 0.4) is 0 Å². The number of ether oxygens (including phenoxy) is 4. The number of aromatic nitrogens is 1. The molecule has 196 valence electrons. The summed E-state index contributed by atoms with van der Waals surface area (Å²) in [4.78, 5) is 31.3. The van der Waals surface area contributed by atoms with E-state index in [2.05, 4.69) is 0 Å². The molecule has 0 saturated heterocycles. The van der Waals surface area contributed by atoms with E-state index in [0.29, 0.717) is 61.3 Å². The minimum absolute atomic E-state index is 0.170. The maximum Gasteiger partial charge on any atom is 0.344 e. The molecule has 0 fully saturated rings. The lowest BCUT2D eigenvalue weighted by Crippen LogP contribution is -2.13. The molecule has 39 heavy (non-hydrogen) atoms. The maximum absolute atomic E-state index is 13.8. The van der Waals surface area contributed by atoms with Crippen molar-refractivity contribution < 1.29 is 28.5 Å². The molecule has 0 unspecified atom stereocenters. The molecular weight excluding hydrogens is 494 g/mol. The number of benzene rings is 4. The Kier molecular flexibility index (Phi) is 7.14. The lowest BCUT2D eigenvalue weighted by Gasteiger charge is -2.16. The SMILES string of the molecule is COc1ccc2nc3c(OC)cccc3c(C(=O)Oc3c(C)cc(C(=O)OCc4ccccc4)cc3C)c2c1. The fourth-order valence-corrected chi connectivity index (χ4v) is 4.61. The van der Waals surface area contributed by atoms with Crippen molar-refractivity contribution >= 4 is 33.7 Å². The summed E-state index contributed by atoms with van der Waals surface area (Å²) >= 11 is 0. The largest absolute Gasteiger partial charge is 0.497 e. The zero-order chi connectivity index (χ0) is 27.5. The maximum atomic E-state index is 13.8. The first-order chi connectivity index (χ1) is 18.9. The molecule has 0 bridgehead atoms. The number of carbonyl (C=O) groups excluding carboxylic acids is 2. The standard InChI is InChI=1S/C32H27NO6/c1-19-15-22(31(34)38-18-21-9-6-5-7-10-21)16-20(2)30(19)39-32(35)28-24-11-8-12-27(37-4)29(24)33-26-14-13-23(36-3)17-25(26)28/h5-17H,18H2,1-4H3. The first kappa shape index (κ1) is 25.7. The van der Waals surface area contributed by atoms with Crippen molar-refractivity contribution in [3.63, 3.8) is 0 Å². The lowest BCUT2D eigenvalue weighted by atomic mass is 10.0. The zero-order valence-electron chi connectivity index (χ0n) is 22.1. The van der Waals surface area contributed by atoms with Crippen molar-refractivity contribution in [1.82, 2.24) is 4.98 Å². The molecule has 0 atom stereocenters. The fourth-order valence-electron chi connectivity index (χ4n) is 4.61. The Balaban J connectivity index is 1.50. The van der Waals surface area contributed by atoms with Crippen LogP contribution in [-0.4, -0.2) is 31.1 Å². The lowest BCUT2D eigenvalue weighted by molar-refractivity contribution is 0.0472. The minimum atomic E-state index is -0.556. The second-order valence-corrected chi connectivity index (χ2v) is 9.12. The molecule has 0 aliphatic heterocycles. The highest BCUT2D eigenvalue weighted by atomic mass is 16.5. The number of para-hydroxylation sites is 1. The monoisotopic (exact) mass is 521 g/mol. The van der Waals surface area contributed by atoms with Crippen LogP contribution in [-0.2, 0) is 11.3 Å². The van der Waals surface area contributed by atoms with Crippen LogP contribution >= 0.6 is 0 Å². The van der Waals surface area contributed by atoms with Crippen molar-refractivity contribution in [2.24, 2.45) is 0 Å². The van der Waals surface area contributed by atoms with Gasteiger partial charge in [-0.3, -0.25) is 0 Å². The van der Waals surface area contributed by atoms with Crippen LogP contribution in [0, 0.1) is 13.8 Å². The molecule has 1 heterocycles. The van der Waals surface area contributed by atoms with Crippen molar-refractivity contribution in [3.8, 4) is 17.2 Å². The van der Waals surface area contributed by atoms with Gasteiger partial charge >= 0.3 is 11.9 Å². The van der Waals surface area contributed by atoms with Crippen LogP contribution < -0.4 is 14.2 Å². The first-order valence-electron chi connectivity index (χ1n) is 12.4. The molecule has 0 spiro atoms. The van der Waals surface area contributed by atoms with Gasteiger partial charge in [0, 0.05) is 10.8 Å². The van der Waals surface area contributed by atoms with E-state index in [9.17, 15) is 9.59 Å². The van der Waals surface area contributed by atoms with Gasteiger partial charge in [0.05, 0.1) is 30.9 Å². The molecule has 0 aliphatic carbocycles. The van der Waals surface area contributed by atoms with Gasteiger partial charge in [0.1, 0.15) is 29.4 Å². The van der Waals surface area contributed by atoms with Crippen molar-refractivity contribution in [2.75, 3.05) is 14.2 Å². The van der Waals surface area contributed by atoms with E-state index in [1.54, 1.807) is 70.5 Å². The second-order valence-electron chi connectivity index (χ2n) is 9.12. The highest BCUT2D eigenvalue weighted by Crippen LogP contribution is 2.35. The molecule has 0 aliphatic rings. The van der Waals surface area contributed by atoms with Gasteiger partial charge in [-0.05, 0) is 66.9 Å². The smallest absolute Gasteiger partial charge is 0.344 e. The number of aryl methyl sites for hydroxylation is 2. The van der Waals surface area contributed by atoms with E-state index in [-0.39, 0.29) is 6.61 Å². The van der Waals surface area contributed by atoms with Crippen LogP contribution in [0.4, 0.5) is 0 Å². The third kappa shape index (κ3) is 5.11. The summed E-state index contributed by atoms with van der Waals surface area (Å²) in [6.07, 6.45) is 0. The Morgan fingerprint density at radius 2 is 1.51 bits per heavy atom. The molecule has 7 heteroatoms. The van der Waals surface area contributed by atoms with Gasteiger partial charge in [-0.15, -0.1) is 0 Å². The van der Waals surface area contributed by atoms with E-state index in [1.165, 1.54) is 0 Å². The average molecular weight is 522 g/mol. The Bertz CT molecular complexity index is 1680. The summed E-state index contributed by atoms with van der Waals surface area (Å²) in [6.45, 7) is 3.75. The number of nitrogens with zero attached hydrogens (tertiary/aromatic N) is 1. The van der Waals surface area contributed by atoms with E-state index in [4.69, 9.17) is 23.9 Å². The van der Waals surface area contributed by atoms with Crippen molar-refractivity contribution in [3.05, 3.63) is 107 Å². The molecule has 0 N–H and O–H groups in total. The van der Waals surface area contributed by atoms with Crippen LogP contribution in [0.25, 0.3) is 21.8 Å². The minimum Gasteiger partial charge on any atom is -0.497 e. The van der Waals surface area contributed by atoms with Gasteiger partial charge < -0.3 is 18.9 Å². The molecule has 0 saturated carbocycles. The third-order valence-electron chi connectivity index (χ3n) is 6.50. The average Bonchev–Trinajstić information content (AvgIpc) is 2.96. The van der Waals surface area contributed by atoms with Gasteiger partial charge in [0.2, 0.25) is 0 Å². The van der Waals surface area contributed by atoms with Crippen LogP contribution in [0.2, 0.25) is 0 Å². The van der Waals surface area contributed by atoms with Crippen LogP contribution in [0.5, 0.6) is 17.2 Å². The third-order valence-corrected chi connectivity index (χ3v) is 6.50. The van der Waals surface area contributed by atoms with E-state index in [1.807, 2.05) is 36.4 Å². The Hall–Kier alpha value is -4.91. The first-order valence-corrected chi connectivity index (χ1v) is 12.4. The fraction of sp³-hybridized carbons (Fsp3) is 0.156. The Labute approximate surface area is 225 Å². The number of rotatable bonds is 7. The molecule has 5 rings (SSSR count). The Morgan fingerprint density at radius 3 is 2.21 bits per heavy atom. The number of esters is 2. The molecule has 0 amide bonds. The van der Waals surface area contributed by atoms with Gasteiger partial charge in [0.25, 0.3) is 0 Å². The summed E-state index contributed by atoms with van der Waals surface area (Å²) in [5.41, 5.74) is 4.04. The van der Waals surface area contributed by atoms with Crippen LogP contribution in [0.1, 0.15) is 37.4 Å². The van der Waals surface area contributed by atoms with Crippen molar-refractivity contribution in [1.29, 1.82) is 0 Å². The summed E-state index contributed by atoms with van der Waals surface area (Å²) in [5, 5.41) is 1.19. The summed E-state index contributed by atoms with van der Waals surface area (Å²) in [5.74, 6) is 0.507. The van der Waals surface area contributed by atoms with Gasteiger partial charge in [-0.2, -0.15) is 0 Å². The Morgan fingerprint density at radius 1 is 0.769 bits per heavy atom. The van der Waals surface area contributed by atoms with E-state index in [0.717, 1.165) is 5.56 Å². The number of methoxy groups -OCH3 is 2. The summed E-state index contributed by atoms with van der Waals surface area (Å²) in [7, 11) is 3.13. The second kappa shape index (κ2) is 10.8. The van der Waals surface area contributed by atoms with Gasteiger partial charge in [-0.1, -0.05) is 42.5 Å². The molecule has 1 aromatic heterocycles. The highest BCUT2D eigenvalue weighted by molar-refractivity contribution is 6.16. The molecule has 5 aromatic rings. The van der Waals surface area contributed by atoms with Gasteiger partial charge in [-0.25, -0.2) is 14.6 Å². The van der Waals surface area contributed by atoms with E-state index >= 15 is 0 Å². The van der Waals surface area contributed by atoms with Crippen molar-refractivity contribution in [2.45, 2.75) is 20.5 Å². The highest BCUT2D eigenvalue weighted by Gasteiger charge is 2.23. The molecule has 7 nitrogen and oxygen atoms in total. The topological polar surface area (TPSA) is 84.0 Å². The number of hydrogen-bond acceptors (Lipinski definition) is 7. The number of hydrogen-bond donors (Lipinski definition) is 0. The predicted octanol–water partition coefficient (Wildman–Crippen LogP) is 6.60. The zero-order valence-corrected chi connectivity index (χ0v) is 22.1. The normalized spacial score (nSPS) is 10.9. The van der Waals surface area contributed by atoms with E-state index < -0.39 is 11.9 Å². The molecule has 0 radical (unpaired) electrons. The number of pyridine rings is 1. The number of fused-ring (bicyclic) bond motifs is 2. The molecule has 4 aromatic carbocycles. The summed E-state index contributed by atoms with van der Waals surface area (Å²) in [6, 6.07) is 23.6. The van der Waals surface area contributed by atoms with Crippen LogP contribution in [0.15, 0.2) is 78.9 Å². The predicted molar refractivity (Wildman–Crippen MR) is 149 cm³/mol. The number of carbonyl (C=O) groups is 2. The van der Waals surface area contributed by atoms with Gasteiger partial charge in [0.15, 0.2) is 0 Å².